The standard InChI is InChI=1S/C30H30N2O8.ClH/c1-7-12-40-23-16-21-20(15-22(23)35-2)26(17-13-24(36-3)28(38-5)25(14-17)37-4)27(30(34)39-6)32(29(21)33)19-10-8-18(31)9-11-19;/h7-11,13-16H,1,12,31H2,2-6H3;1H. The minimum atomic E-state index is -0.745. The molecule has 0 spiro atoms. The second-order valence-electron chi connectivity index (χ2n) is 8.51. The highest BCUT2D eigenvalue weighted by molar-refractivity contribution is 6.08. The predicted octanol–water partition coefficient (Wildman–Crippen LogP) is 5.05. The number of nitrogen functional groups attached to an aromatic ring is 1. The molecule has 4 aromatic rings. The number of ether oxygens (including phenoxy) is 6. The van der Waals surface area contributed by atoms with Crippen LogP contribution < -0.4 is 35.0 Å². The van der Waals surface area contributed by atoms with Gasteiger partial charge in [-0.2, -0.15) is 0 Å². The molecule has 0 aliphatic rings. The molecule has 0 atom stereocenters. The summed E-state index contributed by atoms with van der Waals surface area (Å²) in [5.74, 6) is 1.00. The van der Waals surface area contributed by atoms with Crippen molar-refractivity contribution in [3.8, 4) is 45.6 Å². The van der Waals surface area contributed by atoms with Gasteiger partial charge in [-0.05, 0) is 54.1 Å². The maximum absolute atomic E-state index is 14.1. The summed E-state index contributed by atoms with van der Waals surface area (Å²) in [6, 6.07) is 13.2. The van der Waals surface area contributed by atoms with Crippen LogP contribution in [0.4, 0.5) is 5.69 Å². The van der Waals surface area contributed by atoms with Crippen LogP contribution in [0.3, 0.4) is 0 Å². The number of nitrogens with two attached hydrogens (primary N) is 1. The fourth-order valence-corrected chi connectivity index (χ4v) is 4.50. The lowest BCUT2D eigenvalue weighted by molar-refractivity contribution is 0.0591. The van der Waals surface area contributed by atoms with E-state index in [-0.39, 0.29) is 30.1 Å². The van der Waals surface area contributed by atoms with Crippen molar-refractivity contribution in [2.24, 2.45) is 0 Å². The Morgan fingerprint density at radius 2 is 1.44 bits per heavy atom. The molecule has 11 heteroatoms. The number of fused-ring (bicyclic) bond motifs is 1. The van der Waals surface area contributed by atoms with Gasteiger partial charge in [0.25, 0.3) is 5.56 Å². The average molecular weight is 583 g/mol. The molecule has 1 aromatic heterocycles. The monoisotopic (exact) mass is 582 g/mol. The van der Waals surface area contributed by atoms with E-state index >= 15 is 0 Å². The average Bonchev–Trinajstić information content (AvgIpc) is 2.98. The maximum atomic E-state index is 14.1. The number of halogens is 1. The minimum Gasteiger partial charge on any atom is -0.493 e. The zero-order chi connectivity index (χ0) is 29.0. The van der Waals surface area contributed by atoms with Crippen molar-refractivity contribution in [3.05, 3.63) is 77.2 Å². The first-order valence-corrected chi connectivity index (χ1v) is 12.1. The van der Waals surface area contributed by atoms with Gasteiger partial charge in [0.05, 0.1) is 40.9 Å². The number of pyridine rings is 1. The van der Waals surface area contributed by atoms with Crippen LogP contribution in [-0.4, -0.2) is 52.7 Å². The lowest BCUT2D eigenvalue weighted by Crippen LogP contribution is -2.27. The number of benzene rings is 3. The van der Waals surface area contributed by atoms with E-state index in [1.807, 2.05) is 0 Å². The number of aromatic nitrogens is 1. The summed E-state index contributed by atoms with van der Waals surface area (Å²) < 4.78 is 34.5. The van der Waals surface area contributed by atoms with Crippen molar-refractivity contribution in [1.82, 2.24) is 4.57 Å². The molecule has 216 valence electrons. The molecule has 41 heavy (non-hydrogen) atoms. The maximum Gasteiger partial charge on any atom is 0.355 e. The van der Waals surface area contributed by atoms with Crippen molar-refractivity contribution >= 4 is 34.8 Å². The van der Waals surface area contributed by atoms with E-state index in [1.54, 1.807) is 54.6 Å². The molecule has 0 saturated heterocycles. The smallest absolute Gasteiger partial charge is 0.355 e. The van der Waals surface area contributed by atoms with Crippen LogP contribution in [0.1, 0.15) is 10.5 Å². The normalized spacial score (nSPS) is 10.4. The van der Waals surface area contributed by atoms with Gasteiger partial charge in [-0.3, -0.25) is 9.36 Å². The second kappa shape index (κ2) is 13.0. The number of esters is 1. The Balaban J connectivity index is 0.00000462. The first-order chi connectivity index (χ1) is 19.3. The molecule has 0 radical (unpaired) electrons. The fraction of sp³-hybridized carbons (Fsp3) is 0.200. The molecule has 0 saturated carbocycles. The Kier molecular flexibility index (Phi) is 9.75. The van der Waals surface area contributed by atoms with Gasteiger partial charge in [0.15, 0.2) is 23.0 Å². The van der Waals surface area contributed by atoms with E-state index < -0.39 is 11.5 Å². The van der Waals surface area contributed by atoms with Crippen LogP contribution in [-0.2, 0) is 4.74 Å². The van der Waals surface area contributed by atoms with Crippen LogP contribution in [0.15, 0.2) is 66.0 Å². The van der Waals surface area contributed by atoms with Crippen LogP contribution in [0.25, 0.3) is 27.6 Å². The molecule has 3 aromatic carbocycles. The van der Waals surface area contributed by atoms with Gasteiger partial charge in [0, 0.05) is 22.3 Å². The number of rotatable bonds is 10. The third kappa shape index (κ3) is 5.59. The van der Waals surface area contributed by atoms with E-state index in [0.717, 1.165) is 0 Å². The van der Waals surface area contributed by atoms with Gasteiger partial charge in [0.1, 0.15) is 12.3 Å². The Labute approximate surface area is 243 Å². The summed E-state index contributed by atoms with van der Waals surface area (Å²) in [7, 11) is 7.20. The molecule has 0 aliphatic heterocycles. The van der Waals surface area contributed by atoms with Crippen LogP contribution in [0.2, 0.25) is 0 Å². The quantitative estimate of drug-likeness (QED) is 0.156. The summed E-state index contributed by atoms with van der Waals surface area (Å²) in [4.78, 5) is 27.6. The molecule has 0 amide bonds. The van der Waals surface area contributed by atoms with Gasteiger partial charge < -0.3 is 34.2 Å². The summed E-state index contributed by atoms with van der Waals surface area (Å²) >= 11 is 0. The van der Waals surface area contributed by atoms with Crippen molar-refractivity contribution < 1.29 is 33.2 Å². The van der Waals surface area contributed by atoms with Gasteiger partial charge in [-0.15, -0.1) is 12.4 Å². The van der Waals surface area contributed by atoms with Crippen molar-refractivity contribution in [2.45, 2.75) is 0 Å². The molecule has 0 fully saturated rings. The number of anilines is 1. The summed E-state index contributed by atoms with van der Waals surface area (Å²) in [6.07, 6.45) is 1.58. The van der Waals surface area contributed by atoms with E-state index in [2.05, 4.69) is 6.58 Å². The molecular weight excluding hydrogens is 552 g/mol. The van der Waals surface area contributed by atoms with Crippen molar-refractivity contribution in [2.75, 3.05) is 47.9 Å². The Hall–Kier alpha value is -4.83. The molecule has 4 rings (SSSR count). The third-order valence-corrected chi connectivity index (χ3v) is 6.31. The predicted molar refractivity (Wildman–Crippen MR) is 160 cm³/mol. The van der Waals surface area contributed by atoms with Crippen LogP contribution >= 0.6 is 12.4 Å². The zero-order valence-corrected chi connectivity index (χ0v) is 24.1. The Bertz CT molecular complexity index is 1620. The van der Waals surface area contributed by atoms with E-state index in [1.165, 1.54) is 40.1 Å². The fourth-order valence-electron chi connectivity index (χ4n) is 4.50. The van der Waals surface area contributed by atoms with Gasteiger partial charge in [-0.25, -0.2) is 4.79 Å². The van der Waals surface area contributed by atoms with Crippen LogP contribution in [0, 0.1) is 0 Å². The van der Waals surface area contributed by atoms with Gasteiger partial charge in [0.2, 0.25) is 5.75 Å². The Morgan fingerprint density at radius 3 is 1.95 bits per heavy atom. The zero-order valence-electron chi connectivity index (χ0n) is 23.3. The molecule has 10 nitrogen and oxygen atoms in total. The van der Waals surface area contributed by atoms with Crippen molar-refractivity contribution in [3.63, 3.8) is 0 Å². The van der Waals surface area contributed by atoms with Crippen molar-refractivity contribution in [1.29, 1.82) is 0 Å². The summed E-state index contributed by atoms with van der Waals surface area (Å²) in [5.41, 5.74) is 7.15. The number of nitrogens with zero attached hydrogens (tertiary/aromatic N) is 1. The highest BCUT2D eigenvalue weighted by atomic mass is 35.5. The number of carbonyl (C=O) groups is 1. The lowest BCUT2D eigenvalue weighted by Gasteiger charge is -2.21. The van der Waals surface area contributed by atoms with E-state index in [4.69, 9.17) is 34.2 Å². The highest BCUT2D eigenvalue weighted by Crippen LogP contribution is 2.45. The van der Waals surface area contributed by atoms with E-state index in [9.17, 15) is 9.59 Å². The molecule has 1 heterocycles. The summed E-state index contributed by atoms with van der Waals surface area (Å²) in [6.45, 7) is 3.87. The van der Waals surface area contributed by atoms with E-state index in [0.29, 0.717) is 56.6 Å². The number of hydrogen-bond donors (Lipinski definition) is 1. The molecule has 0 unspecified atom stereocenters. The summed E-state index contributed by atoms with van der Waals surface area (Å²) in [5, 5.41) is 0.669. The molecule has 2 N–H and O–H groups in total. The Morgan fingerprint density at radius 1 is 0.854 bits per heavy atom. The third-order valence-electron chi connectivity index (χ3n) is 6.31. The minimum absolute atomic E-state index is 0. The number of hydrogen-bond acceptors (Lipinski definition) is 9. The molecule has 0 aliphatic carbocycles. The first-order valence-electron chi connectivity index (χ1n) is 12.1. The SMILES string of the molecule is C=CCOc1cc2c(=O)n(-c3ccc(N)cc3)c(C(=O)OC)c(-c3cc(OC)c(OC)c(OC)c3)c2cc1OC.Cl. The molecule has 0 bridgehead atoms. The van der Waals surface area contributed by atoms with Gasteiger partial charge >= 0.3 is 5.97 Å². The van der Waals surface area contributed by atoms with Gasteiger partial charge in [-0.1, -0.05) is 12.7 Å². The lowest BCUT2D eigenvalue weighted by atomic mass is 9.95. The highest BCUT2D eigenvalue weighted by Gasteiger charge is 2.28. The second-order valence-corrected chi connectivity index (χ2v) is 8.51. The first kappa shape index (κ1) is 30.7. The largest absolute Gasteiger partial charge is 0.493 e. The molecular formula is C30H31ClN2O8. The number of carbonyl (C=O) groups excluding carboxylic acids is 1. The van der Waals surface area contributed by atoms with Crippen LogP contribution in [0.5, 0.6) is 28.7 Å². The topological polar surface area (TPSA) is 120 Å². The number of methoxy groups -OCH3 is 5.